The first-order chi connectivity index (χ1) is 12.1. The number of benzene rings is 1. The van der Waals surface area contributed by atoms with Gasteiger partial charge in [-0.15, -0.1) is 0 Å². The van der Waals surface area contributed by atoms with Gasteiger partial charge in [0.05, 0.1) is 5.25 Å². The molecule has 1 saturated carbocycles. The number of sulfonamides is 1. The number of aromatic nitrogens is 4. The molecule has 0 radical (unpaired) electrons. The van der Waals surface area contributed by atoms with Gasteiger partial charge in [-0.1, -0.05) is 0 Å². The molecule has 25 heavy (non-hydrogen) atoms. The molecular weight excluding hydrogens is 342 g/mol. The van der Waals surface area contributed by atoms with Crippen LogP contribution in [-0.2, 0) is 10.0 Å². The van der Waals surface area contributed by atoms with Crippen LogP contribution < -0.4 is 9.46 Å². The average molecular weight is 357 g/mol. The molecule has 4 rings (SSSR count). The molecule has 0 atom stereocenters. The minimum atomic E-state index is -3.26. The minimum Gasteiger partial charge on any atom is -0.439 e. The van der Waals surface area contributed by atoms with E-state index in [1.807, 2.05) is 0 Å². The minimum absolute atomic E-state index is 0.258. The van der Waals surface area contributed by atoms with Gasteiger partial charge in [-0.3, -0.25) is 9.29 Å². The maximum absolute atomic E-state index is 11.9. The molecule has 1 fully saturated rings. The molecule has 0 unspecified atom stereocenters. The summed E-state index contributed by atoms with van der Waals surface area (Å²) in [6.45, 7) is 0. The van der Waals surface area contributed by atoms with E-state index in [9.17, 15) is 8.42 Å². The van der Waals surface area contributed by atoms with Gasteiger partial charge in [-0.25, -0.2) is 23.4 Å². The molecule has 1 aliphatic rings. The number of rotatable bonds is 6. The van der Waals surface area contributed by atoms with Gasteiger partial charge in [-0.2, -0.15) is 0 Å². The monoisotopic (exact) mass is 357 g/mol. The Morgan fingerprint density at radius 2 is 1.96 bits per heavy atom. The fourth-order valence-corrected chi connectivity index (χ4v) is 3.65. The van der Waals surface area contributed by atoms with Crippen molar-refractivity contribution in [2.45, 2.75) is 18.1 Å². The van der Waals surface area contributed by atoms with Crippen LogP contribution in [0.15, 0.2) is 55.4 Å². The van der Waals surface area contributed by atoms with Crippen LogP contribution in [0.1, 0.15) is 12.8 Å². The molecule has 0 saturated heterocycles. The third-order valence-corrected chi connectivity index (χ3v) is 5.57. The van der Waals surface area contributed by atoms with Gasteiger partial charge in [0, 0.05) is 24.1 Å². The first-order valence-electron chi connectivity index (χ1n) is 7.70. The molecule has 2 heterocycles. The van der Waals surface area contributed by atoms with Crippen LogP contribution in [0.3, 0.4) is 0 Å². The van der Waals surface area contributed by atoms with E-state index in [4.69, 9.17) is 4.74 Å². The maximum Gasteiger partial charge on any atom is 0.235 e. The maximum atomic E-state index is 11.9. The van der Waals surface area contributed by atoms with E-state index in [-0.39, 0.29) is 5.25 Å². The van der Waals surface area contributed by atoms with E-state index in [0.29, 0.717) is 23.1 Å². The highest BCUT2D eigenvalue weighted by molar-refractivity contribution is 7.93. The lowest BCUT2D eigenvalue weighted by Gasteiger charge is -2.09. The highest BCUT2D eigenvalue weighted by Crippen LogP contribution is 2.30. The molecule has 0 bridgehead atoms. The number of ether oxygens (including phenoxy) is 1. The summed E-state index contributed by atoms with van der Waals surface area (Å²) >= 11 is 0. The summed E-state index contributed by atoms with van der Waals surface area (Å²) in [6.07, 6.45) is 7.92. The molecule has 2 aromatic heterocycles. The Morgan fingerprint density at radius 1 is 1.16 bits per heavy atom. The summed E-state index contributed by atoms with van der Waals surface area (Å²) in [4.78, 5) is 12.2. The molecule has 0 amide bonds. The molecule has 3 aromatic rings. The molecule has 9 heteroatoms. The molecule has 128 valence electrons. The fraction of sp³-hybridized carbons (Fsp3) is 0.188. The second kappa shape index (κ2) is 6.17. The van der Waals surface area contributed by atoms with Gasteiger partial charge in [0.15, 0.2) is 0 Å². The quantitative estimate of drug-likeness (QED) is 0.727. The van der Waals surface area contributed by atoms with Crippen LogP contribution in [0.25, 0.3) is 5.82 Å². The van der Waals surface area contributed by atoms with E-state index in [1.54, 1.807) is 53.6 Å². The number of imidazole rings is 1. The topological polar surface area (TPSA) is 99.0 Å². The first kappa shape index (κ1) is 15.6. The molecule has 1 N–H and O–H groups in total. The average Bonchev–Trinajstić information content (AvgIpc) is 3.33. The zero-order valence-electron chi connectivity index (χ0n) is 13.1. The second-order valence-electron chi connectivity index (χ2n) is 5.66. The highest BCUT2D eigenvalue weighted by atomic mass is 32.2. The highest BCUT2D eigenvalue weighted by Gasteiger charge is 2.35. The zero-order chi connectivity index (χ0) is 17.3. The van der Waals surface area contributed by atoms with Crippen LogP contribution >= 0.6 is 0 Å². The Hall–Kier alpha value is -2.94. The van der Waals surface area contributed by atoms with Crippen molar-refractivity contribution in [3.05, 3.63) is 55.4 Å². The van der Waals surface area contributed by atoms with Crippen molar-refractivity contribution in [3.63, 3.8) is 0 Å². The van der Waals surface area contributed by atoms with Crippen molar-refractivity contribution in [2.75, 3.05) is 4.72 Å². The summed E-state index contributed by atoms with van der Waals surface area (Å²) in [5, 5.41) is -0.258. The molecule has 1 aliphatic carbocycles. The summed E-state index contributed by atoms with van der Waals surface area (Å²) in [6, 6.07) is 8.37. The molecule has 0 aliphatic heterocycles. The van der Waals surface area contributed by atoms with E-state index < -0.39 is 10.0 Å². The number of hydrogen-bond donors (Lipinski definition) is 1. The first-order valence-corrected chi connectivity index (χ1v) is 9.25. The van der Waals surface area contributed by atoms with E-state index in [1.165, 1.54) is 6.33 Å². The van der Waals surface area contributed by atoms with Crippen molar-refractivity contribution in [1.82, 2.24) is 19.5 Å². The van der Waals surface area contributed by atoms with Gasteiger partial charge in [0.2, 0.25) is 15.9 Å². The van der Waals surface area contributed by atoms with Crippen LogP contribution in [0.2, 0.25) is 0 Å². The Kier molecular flexibility index (Phi) is 3.85. The van der Waals surface area contributed by atoms with Crippen molar-refractivity contribution in [3.8, 4) is 17.4 Å². The van der Waals surface area contributed by atoms with Crippen LogP contribution in [0, 0.1) is 0 Å². The molecule has 8 nitrogen and oxygen atoms in total. The number of nitrogens with one attached hydrogen (secondary N) is 1. The molecule has 1 aromatic carbocycles. The number of nitrogens with zero attached hydrogens (tertiary/aromatic N) is 4. The van der Waals surface area contributed by atoms with Crippen LogP contribution in [0.5, 0.6) is 11.6 Å². The standard InChI is InChI=1S/C16H15N5O3S/c22-25(23,14-5-6-14)20-12-1-3-13(4-2-12)24-16-9-15(18-10-19-16)21-8-7-17-11-21/h1-4,7-11,14,20H,5-6H2. The Bertz CT molecular complexity index is 967. The summed E-state index contributed by atoms with van der Waals surface area (Å²) in [7, 11) is -3.26. The lowest BCUT2D eigenvalue weighted by atomic mass is 10.3. The largest absolute Gasteiger partial charge is 0.439 e. The Morgan fingerprint density at radius 3 is 2.64 bits per heavy atom. The summed E-state index contributed by atoms with van der Waals surface area (Å²) < 4.78 is 33.9. The van der Waals surface area contributed by atoms with E-state index in [2.05, 4.69) is 19.7 Å². The summed E-state index contributed by atoms with van der Waals surface area (Å²) in [5.41, 5.74) is 0.515. The number of anilines is 1. The van der Waals surface area contributed by atoms with Gasteiger partial charge in [0.25, 0.3) is 0 Å². The molecular formula is C16H15N5O3S. The van der Waals surface area contributed by atoms with E-state index in [0.717, 1.165) is 12.8 Å². The van der Waals surface area contributed by atoms with Crippen molar-refractivity contribution < 1.29 is 13.2 Å². The van der Waals surface area contributed by atoms with E-state index >= 15 is 0 Å². The van der Waals surface area contributed by atoms with Crippen molar-refractivity contribution in [1.29, 1.82) is 0 Å². The van der Waals surface area contributed by atoms with Gasteiger partial charge < -0.3 is 4.74 Å². The second-order valence-corrected chi connectivity index (χ2v) is 7.62. The lowest BCUT2D eigenvalue weighted by Crippen LogP contribution is -2.17. The molecule has 0 spiro atoms. The fourth-order valence-electron chi connectivity index (χ4n) is 2.26. The zero-order valence-corrected chi connectivity index (χ0v) is 13.9. The predicted molar refractivity (Wildman–Crippen MR) is 91.2 cm³/mol. The van der Waals surface area contributed by atoms with Crippen molar-refractivity contribution >= 4 is 15.7 Å². The number of hydrogen-bond acceptors (Lipinski definition) is 6. The van der Waals surface area contributed by atoms with Crippen LogP contribution in [-0.4, -0.2) is 33.2 Å². The van der Waals surface area contributed by atoms with Gasteiger partial charge >= 0.3 is 0 Å². The predicted octanol–water partition coefficient (Wildman–Crippen LogP) is 2.36. The van der Waals surface area contributed by atoms with Crippen LogP contribution in [0.4, 0.5) is 5.69 Å². The van der Waals surface area contributed by atoms with Crippen molar-refractivity contribution in [2.24, 2.45) is 0 Å². The SMILES string of the molecule is O=S(=O)(Nc1ccc(Oc2cc(-n3ccnc3)ncn2)cc1)C1CC1. The van der Waals surface area contributed by atoms with Gasteiger partial charge in [-0.05, 0) is 37.1 Å². The smallest absolute Gasteiger partial charge is 0.235 e. The normalized spacial score (nSPS) is 14.2. The Balaban J connectivity index is 1.47. The summed E-state index contributed by atoms with van der Waals surface area (Å²) in [5.74, 6) is 1.56. The third-order valence-electron chi connectivity index (χ3n) is 3.70. The lowest BCUT2D eigenvalue weighted by molar-refractivity contribution is 0.461. The third kappa shape index (κ3) is 3.61. The van der Waals surface area contributed by atoms with Gasteiger partial charge in [0.1, 0.15) is 24.2 Å². The Labute approximate surface area is 144 Å².